The number of amides is 3. The fourth-order valence-electron chi connectivity index (χ4n) is 3.62. The normalized spacial score (nSPS) is 20.5. The highest BCUT2D eigenvalue weighted by molar-refractivity contribution is 7.88. The second-order valence-electron chi connectivity index (χ2n) is 7.47. The van der Waals surface area contributed by atoms with Crippen molar-refractivity contribution >= 4 is 33.4 Å². The average Bonchev–Trinajstić information content (AvgIpc) is 3.09. The van der Waals surface area contributed by atoms with Crippen LogP contribution in [0.5, 0.6) is 0 Å². The van der Waals surface area contributed by atoms with Crippen LogP contribution in [0.1, 0.15) is 12.8 Å². The maximum absolute atomic E-state index is 13.1. The molecule has 0 spiro atoms. The van der Waals surface area contributed by atoms with Crippen LogP contribution in [0.15, 0.2) is 24.3 Å². The van der Waals surface area contributed by atoms with E-state index < -0.39 is 21.8 Å². The predicted octanol–water partition coefficient (Wildman–Crippen LogP) is -0.211. The van der Waals surface area contributed by atoms with Gasteiger partial charge in [0.15, 0.2) is 0 Å². The van der Waals surface area contributed by atoms with Crippen LogP contribution in [-0.4, -0.2) is 80.9 Å². The number of benzene rings is 1. The molecular formula is C19H25FN4O5S. The Morgan fingerprint density at radius 1 is 1.13 bits per heavy atom. The van der Waals surface area contributed by atoms with Crippen LogP contribution >= 0.6 is 0 Å². The maximum Gasteiger partial charge on any atom is 0.227 e. The van der Waals surface area contributed by atoms with Gasteiger partial charge in [-0.3, -0.25) is 14.4 Å². The first-order chi connectivity index (χ1) is 14.1. The summed E-state index contributed by atoms with van der Waals surface area (Å²) in [6, 6.07) is 5.51. The number of nitrogens with one attached hydrogen (secondary N) is 1. The van der Waals surface area contributed by atoms with Crippen LogP contribution in [0.4, 0.5) is 10.1 Å². The Balaban J connectivity index is 1.42. The zero-order chi connectivity index (χ0) is 21.9. The molecule has 1 atom stereocenters. The molecule has 11 heteroatoms. The molecule has 2 aliphatic rings. The molecule has 164 valence electrons. The third kappa shape index (κ3) is 5.33. The Kier molecular flexibility index (Phi) is 6.71. The standard InChI is InChI=1S/C19H25FN4O5S/c1-30(28,29)23-10-8-22(9-11-23)17(25)6-7-21-19(27)14-12-18(26)24(13-14)16-4-2-15(20)3-5-16/h2-5,14H,6-13H2,1H3,(H,21,27)/t14-/m1/s1. The number of carbonyl (C=O) groups is 3. The first kappa shape index (κ1) is 22.2. The van der Waals surface area contributed by atoms with Crippen molar-refractivity contribution in [1.29, 1.82) is 0 Å². The number of halogens is 1. The molecule has 3 amide bonds. The van der Waals surface area contributed by atoms with Gasteiger partial charge >= 0.3 is 0 Å². The fraction of sp³-hybridized carbons (Fsp3) is 0.526. The number of hydrogen-bond donors (Lipinski definition) is 1. The molecule has 1 aromatic carbocycles. The lowest BCUT2D eigenvalue weighted by atomic mass is 10.1. The molecule has 2 aliphatic heterocycles. The summed E-state index contributed by atoms with van der Waals surface area (Å²) >= 11 is 0. The fourth-order valence-corrected chi connectivity index (χ4v) is 4.44. The molecule has 2 heterocycles. The number of piperazine rings is 1. The zero-order valence-corrected chi connectivity index (χ0v) is 17.5. The minimum Gasteiger partial charge on any atom is -0.355 e. The van der Waals surface area contributed by atoms with E-state index in [1.54, 1.807) is 4.90 Å². The van der Waals surface area contributed by atoms with Crippen molar-refractivity contribution in [3.05, 3.63) is 30.1 Å². The van der Waals surface area contributed by atoms with E-state index in [-0.39, 0.29) is 56.7 Å². The molecule has 2 saturated heterocycles. The van der Waals surface area contributed by atoms with E-state index in [2.05, 4.69) is 5.32 Å². The van der Waals surface area contributed by atoms with Crippen LogP contribution in [0.25, 0.3) is 0 Å². The maximum atomic E-state index is 13.1. The Hall–Kier alpha value is -2.53. The van der Waals surface area contributed by atoms with Gasteiger partial charge in [0.25, 0.3) is 0 Å². The number of sulfonamides is 1. The monoisotopic (exact) mass is 440 g/mol. The van der Waals surface area contributed by atoms with Crippen molar-refractivity contribution in [3.63, 3.8) is 0 Å². The Morgan fingerprint density at radius 3 is 2.37 bits per heavy atom. The number of hydrogen-bond acceptors (Lipinski definition) is 5. The highest BCUT2D eigenvalue weighted by Crippen LogP contribution is 2.25. The zero-order valence-electron chi connectivity index (χ0n) is 16.7. The Labute approximate surface area is 174 Å². The van der Waals surface area contributed by atoms with Crippen molar-refractivity contribution < 1.29 is 27.2 Å². The largest absolute Gasteiger partial charge is 0.355 e. The van der Waals surface area contributed by atoms with Gasteiger partial charge < -0.3 is 15.1 Å². The van der Waals surface area contributed by atoms with Gasteiger partial charge in [0.2, 0.25) is 27.7 Å². The smallest absolute Gasteiger partial charge is 0.227 e. The van der Waals surface area contributed by atoms with Gasteiger partial charge in [-0.2, -0.15) is 4.31 Å². The summed E-state index contributed by atoms with van der Waals surface area (Å²) in [5.74, 6) is -1.60. The molecule has 0 aliphatic carbocycles. The summed E-state index contributed by atoms with van der Waals surface area (Å²) in [5, 5.41) is 2.70. The van der Waals surface area contributed by atoms with E-state index in [1.807, 2.05) is 0 Å². The van der Waals surface area contributed by atoms with E-state index in [0.717, 1.165) is 6.26 Å². The van der Waals surface area contributed by atoms with Crippen LogP contribution < -0.4 is 10.2 Å². The van der Waals surface area contributed by atoms with E-state index in [0.29, 0.717) is 18.8 Å². The van der Waals surface area contributed by atoms with Gasteiger partial charge in [0.1, 0.15) is 5.82 Å². The van der Waals surface area contributed by atoms with Crippen LogP contribution in [0, 0.1) is 11.7 Å². The summed E-state index contributed by atoms with van der Waals surface area (Å²) in [6.07, 6.45) is 1.31. The molecule has 0 saturated carbocycles. The molecule has 2 fully saturated rings. The molecule has 0 unspecified atom stereocenters. The van der Waals surface area contributed by atoms with Gasteiger partial charge in [0, 0.05) is 57.8 Å². The summed E-state index contributed by atoms with van der Waals surface area (Å²) < 4.78 is 37.4. The Morgan fingerprint density at radius 2 is 1.77 bits per heavy atom. The van der Waals surface area contributed by atoms with Gasteiger partial charge in [-0.25, -0.2) is 12.8 Å². The molecule has 0 radical (unpaired) electrons. The number of rotatable bonds is 6. The van der Waals surface area contributed by atoms with E-state index in [9.17, 15) is 27.2 Å². The SMILES string of the molecule is CS(=O)(=O)N1CCN(C(=O)CCNC(=O)[C@@H]2CC(=O)N(c3ccc(F)cc3)C2)CC1. The second kappa shape index (κ2) is 9.09. The quantitative estimate of drug-likeness (QED) is 0.659. The summed E-state index contributed by atoms with van der Waals surface area (Å²) in [7, 11) is -3.26. The number of carbonyl (C=O) groups excluding carboxylic acids is 3. The van der Waals surface area contributed by atoms with Gasteiger partial charge in [-0.15, -0.1) is 0 Å². The lowest BCUT2D eigenvalue weighted by Gasteiger charge is -2.33. The van der Waals surface area contributed by atoms with Crippen molar-refractivity contribution in [2.24, 2.45) is 5.92 Å². The van der Waals surface area contributed by atoms with E-state index in [1.165, 1.54) is 33.5 Å². The molecule has 9 nitrogen and oxygen atoms in total. The Bertz CT molecular complexity index is 913. The van der Waals surface area contributed by atoms with Crippen LogP contribution in [0.2, 0.25) is 0 Å². The third-order valence-corrected chi connectivity index (χ3v) is 6.64. The summed E-state index contributed by atoms with van der Waals surface area (Å²) in [6.45, 7) is 1.52. The number of anilines is 1. The summed E-state index contributed by atoms with van der Waals surface area (Å²) in [4.78, 5) is 39.9. The lowest BCUT2D eigenvalue weighted by Crippen LogP contribution is -2.50. The van der Waals surface area contributed by atoms with Gasteiger partial charge in [-0.05, 0) is 24.3 Å². The first-order valence-corrected chi connectivity index (χ1v) is 11.6. The van der Waals surface area contributed by atoms with Crippen molar-refractivity contribution in [3.8, 4) is 0 Å². The van der Waals surface area contributed by atoms with Crippen molar-refractivity contribution in [2.75, 3.05) is 50.4 Å². The molecule has 1 aromatic rings. The molecule has 1 N–H and O–H groups in total. The van der Waals surface area contributed by atoms with Crippen molar-refractivity contribution in [1.82, 2.24) is 14.5 Å². The number of nitrogens with zero attached hydrogens (tertiary/aromatic N) is 3. The van der Waals surface area contributed by atoms with Crippen LogP contribution in [-0.2, 0) is 24.4 Å². The molecule has 0 bridgehead atoms. The van der Waals surface area contributed by atoms with Crippen LogP contribution in [0.3, 0.4) is 0 Å². The van der Waals surface area contributed by atoms with E-state index >= 15 is 0 Å². The molecule has 3 rings (SSSR count). The van der Waals surface area contributed by atoms with Gasteiger partial charge in [0.05, 0.1) is 12.2 Å². The van der Waals surface area contributed by atoms with E-state index in [4.69, 9.17) is 0 Å². The topological polar surface area (TPSA) is 107 Å². The minimum atomic E-state index is -3.26. The molecule has 30 heavy (non-hydrogen) atoms. The average molecular weight is 440 g/mol. The van der Waals surface area contributed by atoms with Gasteiger partial charge in [-0.1, -0.05) is 0 Å². The molecular weight excluding hydrogens is 415 g/mol. The highest BCUT2D eigenvalue weighted by Gasteiger charge is 2.35. The second-order valence-corrected chi connectivity index (χ2v) is 9.45. The third-order valence-electron chi connectivity index (χ3n) is 5.33. The minimum absolute atomic E-state index is 0.0601. The highest BCUT2D eigenvalue weighted by atomic mass is 32.2. The molecule has 0 aromatic heterocycles. The lowest BCUT2D eigenvalue weighted by molar-refractivity contribution is -0.132. The first-order valence-electron chi connectivity index (χ1n) is 9.71. The van der Waals surface area contributed by atoms with Crippen molar-refractivity contribution in [2.45, 2.75) is 12.8 Å². The summed E-state index contributed by atoms with van der Waals surface area (Å²) in [5.41, 5.74) is 0.542. The predicted molar refractivity (Wildman–Crippen MR) is 107 cm³/mol.